The summed E-state index contributed by atoms with van der Waals surface area (Å²) in [7, 11) is 0. The summed E-state index contributed by atoms with van der Waals surface area (Å²) in [6.07, 6.45) is 8.37. The Morgan fingerprint density at radius 2 is 2.15 bits per heavy atom. The van der Waals surface area contributed by atoms with Gasteiger partial charge in [-0.25, -0.2) is 0 Å². The molecule has 2 nitrogen and oxygen atoms in total. The average molecular weight is 181 g/mol. The Morgan fingerprint density at radius 3 is 2.77 bits per heavy atom. The highest BCUT2D eigenvalue weighted by Crippen LogP contribution is 2.57. The molecule has 1 unspecified atom stereocenters. The molecular weight excluding hydrogens is 162 g/mol. The second-order valence-electron chi connectivity index (χ2n) is 4.64. The zero-order valence-corrected chi connectivity index (χ0v) is 8.44. The molecule has 0 aliphatic heterocycles. The summed E-state index contributed by atoms with van der Waals surface area (Å²) in [5, 5.41) is 3.15. The second kappa shape index (κ2) is 3.32. The summed E-state index contributed by atoms with van der Waals surface area (Å²) in [6.45, 7) is 2.05. The third-order valence-corrected chi connectivity index (χ3v) is 3.60. The molecule has 2 aliphatic carbocycles. The van der Waals surface area contributed by atoms with Crippen molar-refractivity contribution in [2.45, 2.75) is 57.9 Å². The monoisotopic (exact) mass is 181 g/mol. The van der Waals surface area contributed by atoms with Crippen molar-refractivity contribution >= 4 is 5.91 Å². The summed E-state index contributed by atoms with van der Waals surface area (Å²) < 4.78 is 0. The molecule has 1 spiro atoms. The molecule has 0 aromatic rings. The van der Waals surface area contributed by atoms with E-state index in [0.717, 1.165) is 6.42 Å². The largest absolute Gasteiger partial charge is 0.353 e. The molecule has 0 heterocycles. The van der Waals surface area contributed by atoms with E-state index in [2.05, 4.69) is 12.2 Å². The standard InChI is InChI=1S/C11H19NO/c1-2-5-10(13)12-9-8-11(9)6-3-4-7-11/h9H,2-8H2,1H3,(H,12,13). The van der Waals surface area contributed by atoms with Crippen molar-refractivity contribution in [1.82, 2.24) is 5.32 Å². The number of hydrogen-bond acceptors (Lipinski definition) is 1. The lowest BCUT2D eigenvalue weighted by molar-refractivity contribution is -0.121. The highest BCUT2D eigenvalue weighted by molar-refractivity contribution is 5.76. The van der Waals surface area contributed by atoms with Crippen LogP contribution in [0.5, 0.6) is 0 Å². The fraction of sp³-hybridized carbons (Fsp3) is 0.909. The van der Waals surface area contributed by atoms with Crippen LogP contribution in [-0.2, 0) is 4.79 Å². The molecule has 0 saturated heterocycles. The minimum atomic E-state index is 0.260. The lowest BCUT2D eigenvalue weighted by atomic mass is 10.1. The van der Waals surface area contributed by atoms with E-state index in [1.54, 1.807) is 0 Å². The van der Waals surface area contributed by atoms with Gasteiger partial charge in [-0.1, -0.05) is 19.8 Å². The van der Waals surface area contributed by atoms with Crippen LogP contribution in [0, 0.1) is 5.41 Å². The van der Waals surface area contributed by atoms with Gasteiger partial charge in [0.15, 0.2) is 0 Å². The molecule has 13 heavy (non-hydrogen) atoms. The van der Waals surface area contributed by atoms with Gasteiger partial charge in [-0.2, -0.15) is 0 Å². The van der Waals surface area contributed by atoms with Gasteiger partial charge < -0.3 is 5.32 Å². The van der Waals surface area contributed by atoms with Gasteiger partial charge in [0.25, 0.3) is 0 Å². The van der Waals surface area contributed by atoms with Gasteiger partial charge in [0.05, 0.1) is 0 Å². The maximum Gasteiger partial charge on any atom is 0.220 e. The number of carbonyl (C=O) groups is 1. The van der Waals surface area contributed by atoms with Crippen molar-refractivity contribution in [3.8, 4) is 0 Å². The molecular formula is C11H19NO. The Labute approximate surface area is 80.1 Å². The van der Waals surface area contributed by atoms with Gasteiger partial charge in [-0.3, -0.25) is 4.79 Å². The van der Waals surface area contributed by atoms with Crippen LogP contribution in [0.1, 0.15) is 51.9 Å². The Morgan fingerprint density at radius 1 is 1.46 bits per heavy atom. The van der Waals surface area contributed by atoms with Crippen molar-refractivity contribution in [3.63, 3.8) is 0 Å². The van der Waals surface area contributed by atoms with Crippen molar-refractivity contribution in [2.75, 3.05) is 0 Å². The number of carbonyl (C=O) groups excluding carboxylic acids is 1. The van der Waals surface area contributed by atoms with Crippen LogP contribution in [0.4, 0.5) is 0 Å². The molecule has 2 rings (SSSR count). The van der Waals surface area contributed by atoms with E-state index in [-0.39, 0.29) is 5.91 Å². The third-order valence-electron chi connectivity index (χ3n) is 3.60. The van der Waals surface area contributed by atoms with Crippen molar-refractivity contribution in [3.05, 3.63) is 0 Å². The minimum Gasteiger partial charge on any atom is -0.353 e. The number of nitrogens with one attached hydrogen (secondary N) is 1. The summed E-state index contributed by atoms with van der Waals surface area (Å²) in [6, 6.07) is 0.536. The molecule has 74 valence electrons. The highest BCUT2D eigenvalue weighted by Gasteiger charge is 2.55. The second-order valence-corrected chi connectivity index (χ2v) is 4.64. The maximum absolute atomic E-state index is 11.3. The van der Waals surface area contributed by atoms with Gasteiger partial charge in [0, 0.05) is 12.5 Å². The van der Waals surface area contributed by atoms with Crippen molar-refractivity contribution in [2.24, 2.45) is 5.41 Å². The molecule has 2 fully saturated rings. The molecule has 1 atom stereocenters. The lowest BCUT2D eigenvalue weighted by Crippen LogP contribution is -2.28. The molecule has 1 N–H and O–H groups in total. The molecule has 2 aliphatic rings. The Kier molecular flexibility index (Phi) is 2.31. The van der Waals surface area contributed by atoms with E-state index < -0.39 is 0 Å². The van der Waals surface area contributed by atoms with Gasteiger partial charge >= 0.3 is 0 Å². The highest BCUT2D eigenvalue weighted by atomic mass is 16.1. The summed E-state index contributed by atoms with van der Waals surface area (Å²) in [4.78, 5) is 11.3. The van der Waals surface area contributed by atoms with E-state index in [1.807, 2.05) is 0 Å². The quantitative estimate of drug-likeness (QED) is 0.710. The number of hydrogen-bond donors (Lipinski definition) is 1. The number of amides is 1. The predicted octanol–water partition coefficient (Wildman–Crippen LogP) is 2.24. The Bertz CT molecular complexity index is 206. The number of rotatable bonds is 3. The fourth-order valence-corrected chi connectivity index (χ4v) is 2.68. The van der Waals surface area contributed by atoms with E-state index >= 15 is 0 Å². The summed E-state index contributed by atoms with van der Waals surface area (Å²) >= 11 is 0. The van der Waals surface area contributed by atoms with Crippen LogP contribution in [0.25, 0.3) is 0 Å². The summed E-state index contributed by atoms with van der Waals surface area (Å²) in [5.41, 5.74) is 0.559. The van der Waals surface area contributed by atoms with Gasteiger partial charge in [-0.15, -0.1) is 0 Å². The van der Waals surface area contributed by atoms with E-state index in [0.29, 0.717) is 17.9 Å². The third kappa shape index (κ3) is 1.72. The smallest absolute Gasteiger partial charge is 0.220 e. The first-order chi connectivity index (χ1) is 6.27. The first-order valence-corrected chi connectivity index (χ1v) is 5.56. The van der Waals surface area contributed by atoms with Crippen LogP contribution >= 0.6 is 0 Å². The summed E-state index contributed by atoms with van der Waals surface area (Å²) in [5.74, 6) is 0.260. The van der Waals surface area contributed by atoms with E-state index in [9.17, 15) is 4.79 Å². The van der Waals surface area contributed by atoms with Crippen molar-refractivity contribution in [1.29, 1.82) is 0 Å². The molecule has 1 amide bonds. The van der Waals surface area contributed by atoms with Gasteiger partial charge in [0.1, 0.15) is 0 Å². The van der Waals surface area contributed by atoms with E-state index in [1.165, 1.54) is 32.1 Å². The van der Waals surface area contributed by atoms with Crippen LogP contribution < -0.4 is 5.32 Å². The van der Waals surface area contributed by atoms with Crippen LogP contribution in [0.2, 0.25) is 0 Å². The molecule has 0 bridgehead atoms. The van der Waals surface area contributed by atoms with Crippen LogP contribution in [-0.4, -0.2) is 11.9 Å². The fourth-order valence-electron chi connectivity index (χ4n) is 2.68. The predicted molar refractivity (Wildman–Crippen MR) is 52.4 cm³/mol. The van der Waals surface area contributed by atoms with Crippen molar-refractivity contribution < 1.29 is 4.79 Å². The molecule has 0 aromatic heterocycles. The first kappa shape index (κ1) is 9.04. The van der Waals surface area contributed by atoms with Crippen LogP contribution in [0.3, 0.4) is 0 Å². The first-order valence-electron chi connectivity index (χ1n) is 5.56. The average Bonchev–Trinajstić information content (AvgIpc) is 2.56. The normalized spacial score (nSPS) is 29.2. The lowest BCUT2D eigenvalue weighted by Gasteiger charge is -2.08. The Hall–Kier alpha value is -0.530. The molecule has 2 saturated carbocycles. The SMILES string of the molecule is CCCC(=O)NC1CC12CCCC2. The minimum absolute atomic E-state index is 0.260. The Balaban J connectivity index is 1.76. The topological polar surface area (TPSA) is 29.1 Å². The molecule has 0 aromatic carbocycles. The molecule has 2 heteroatoms. The molecule has 0 radical (unpaired) electrons. The van der Waals surface area contributed by atoms with Gasteiger partial charge in [-0.05, 0) is 31.1 Å². The maximum atomic E-state index is 11.3. The van der Waals surface area contributed by atoms with Crippen LogP contribution in [0.15, 0.2) is 0 Å². The van der Waals surface area contributed by atoms with E-state index in [4.69, 9.17) is 0 Å². The van der Waals surface area contributed by atoms with Gasteiger partial charge in [0.2, 0.25) is 5.91 Å². The zero-order chi connectivity index (χ0) is 9.31. The zero-order valence-electron chi connectivity index (χ0n) is 8.44.